The first-order chi connectivity index (χ1) is 17.0. The van der Waals surface area contributed by atoms with Gasteiger partial charge >= 0.3 is 5.97 Å². The molecule has 180 valence electrons. The summed E-state index contributed by atoms with van der Waals surface area (Å²) in [7, 11) is 0. The van der Waals surface area contributed by atoms with Gasteiger partial charge in [0.25, 0.3) is 5.60 Å². The average Bonchev–Trinajstić information content (AvgIpc) is 3.22. The Hall–Kier alpha value is -3.19. The fraction of sp³-hybridized carbons (Fsp3) is 0.286. The lowest BCUT2D eigenvalue weighted by Crippen LogP contribution is -2.40. The molecule has 2 heterocycles. The summed E-state index contributed by atoms with van der Waals surface area (Å²) in [6, 6.07) is 21.6. The molecule has 0 radical (unpaired) electrons. The van der Waals surface area contributed by atoms with Crippen molar-refractivity contribution >= 4 is 23.5 Å². The number of hydrogen-bond donors (Lipinski definition) is 3. The Labute approximate surface area is 209 Å². The van der Waals surface area contributed by atoms with Gasteiger partial charge in [0.15, 0.2) is 0 Å². The molecular weight excluding hydrogens is 462 g/mol. The fourth-order valence-electron chi connectivity index (χ4n) is 5.01. The molecule has 6 rings (SSSR count). The largest absolute Gasteiger partial charge is 0.433 e. The van der Waals surface area contributed by atoms with E-state index >= 15 is 0 Å². The second kappa shape index (κ2) is 9.82. The number of nitrogens with one attached hydrogen (secondary N) is 2. The van der Waals surface area contributed by atoms with Crippen molar-refractivity contribution in [3.63, 3.8) is 0 Å². The summed E-state index contributed by atoms with van der Waals surface area (Å²) in [5.74, 6) is -0.0685. The number of fused-ring (bicyclic) bond motifs is 5. The lowest BCUT2D eigenvalue weighted by atomic mass is 9.98. The predicted molar refractivity (Wildman–Crippen MR) is 136 cm³/mol. The van der Waals surface area contributed by atoms with Crippen molar-refractivity contribution in [2.75, 3.05) is 13.1 Å². The summed E-state index contributed by atoms with van der Waals surface area (Å²) >= 11 is 6.00. The molecule has 1 spiro atoms. The number of carbonyl (C=O) groups is 2. The Morgan fingerprint density at radius 2 is 1.71 bits per heavy atom. The summed E-state index contributed by atoms with van der Waals surface area (Å²) in [4.78, 5) is 23.6. The summed E-state index contributed by atoms with van der Waals surface area (Å²) in [5, 5.41) is 6.84. The quantitative estimate of drug-likeness (QED) is 0.475. The Morgan fingerprint density at radius 3 is 2.29 bits per heavy atom. The lowest BCUT2D eigenvalue weighted by molar-refractivity contribution is -0.123. The number of amides is 1. The van der Waals surface area contributed by atoms with Crippen molar-refractivity contribution in [2.24, 2.45) is 5.73 Å². The highest BCUT2D eigenvalue weighted by Gasteiger charge is 2.65. The molecule has 3 aromatic carbocycles. The van der Waals surface area contributed by atoms with Crippen LogP contribution >= 0.6 is 11.6 Å². The smallest absolute Gasteiger partial charge is 0.362 e. The van der Waals surface area contributed by atoms with Gasteiger partial charge in [0.2, 0.25) is 5.91 Å². The minimum absolute atomic E-state index is 0.0443. The van der Waals surface area contributed by atoms with Gasteiger partial charge in [-0.25, -0.2) is 4.79 Å². The van der Waals surface area contributed by atoms with Crippen LogP contribution in [-0.2, 0) is 32.9 Å². The van der Waals surface area contributed by atoms with Gasteiger partial charge in [0, 0.05) is 22.7 Å². The van der Waals surface area contributed by atoms with Gasteiger partial charge in [-0.1, -0.05) is 66.2 Å². The molecule has 35 heavy (non-hydrogen) atoms. The van der Waals surface area contributed by atoms with E-state index < -0.39 is 5.60 Å². The van der Waals surface area contributed by atoms with E-state index in [9.17, 15) is 9.59 Å². The van der Waals surface area contributed by atoms with E-state index in [1.165, 1.54) is 0 Å². The van der Waals surface area contributed by atoms with Crippen LogP contribution in [0.5, 0.6) is 0 Å². The maximum atomic E-state index is 11.9. The minimum Gasteiger partial charge on any atom is -0.433 e. The van der Waals surface area contributed by atoms with Crippen molar-refractivity contribution in [1.29, 1.82) is 0 Å². The monoisotopic (exact) mass is 489 g/mol. The van der Waals surface area contributed by atoms with Gasteiger partial charge in [-0.05, 0) is 66.7 Å². The summed E-state index contributed by atoms with van der Waals surface area (Å²) < 4.78 is 5.28. The van der Waals surface area contributed by atoms with Crippen LogP contribution in [0.25, 0.3) is 11.1 Å². The van der Waals surface area contributed by atoms with Crippen LogP contribution in [0.4, 0.5) is 0 Å². The molecule has 1 atom stereocenters. The van der Waals surface area contributed by atoms with Crippen LogP contribution < -0.4 is 16.4 Å². The maximum absolute atomic E-state index is 11.9. The third-order valence-electron chi connectivity index (χ3n) is 6.81. The molecule has 4 N–H and O–H groups in total. The summed E-state index contributed by atoms with van der Waals surface area (Å²) in [5.41, 5.74) is 11.2. The first-order valence-corrected chi connectivity index (χ1v) is 12.3. The van der Waals surface area contributed by atoms with Crippen molar-refractivity contribution in [3.05, 3.63) is 94.0 Å². The molecule has 2 saturated heterocycles. The number of ether oxygens (including phenoxy) is 1. The number of benzene rings is 3. The molecule has 0 aromatic heterocycles. The van der Waals surface area contributed by atoms with E-state index in [4.69, 9.17) is 22.1 Å². The lowest BCUT2D eigenvalue weighted by Gasteiger charge is -2.13. The Bertz CT molecular complexity index is 1220. The molecule has 1 unspecified atom stereocenters. The summed E-state index contributed by atoms with van der Waals surface area (Å²) in [6.45, 7) is 2.02. The topological polar surface area (TPSA) is 96.8 Å². The number of carbonyl (C=O) groups excluding carboxylic acids is 2. The average molecular weight is 490 g/mol. The van der Waals surface area contributed by atoms with Gasteiger partial charge in [-0.2, -0.15) is 0 Å². The third kappa shape index (κ3) is 4.45. The van der Waals surface area contributed by atoms with Gasteiger partial charge < -0.3 is 21.1 Å². The molecule has 1 aliphatic carbocycles. The van der Waals surface area contributed by atoms with Crippen LogP contribution in [-0.4, -0.2) is 31.0 Å². The van der Waals surface area contributed by atoms with Gasteiger partial charge in [0.05, 0.1) is 6.04 Å². The standard InChI is InChI=1S/C14H20ClN3O.C14H8O2/c15-12-4-3-10(5-6-16)11(8-12)9-18-14(19)13-2-1-7-17-13;15-13-14(16-13)11-7-3-1-5-9(11)10-6-2-4-8-12(10)14/h3-4,8,13,17H,1-2,5-7,9,16H2,(H,18,19);1-8H. The SMILES string of the molecule is NCCc1ccc(Cl)cc1CNC(=O)C1CCCN1.O=C1OC12c1ccccc1-c1ccccc12. The Balaban J connectivity index is 0.000000146. The van der Waals surface area contributed by atoms with Crippen LogP contribution in [0, 0.1) is 0 Å². The van der Waals surface area contributed by atoms with E-state index in [2.05, 4.69) is 10.6 Å². The zero-order valence-electron chi connectivity index (χ0n) is 19.4. The van der Waals surface area contributed by atoms with E-state index in [-0.39, 0.29) is 17.9 Å². The summed E-state index contributed by atoms with van der Waals surface area (Å²) in [6.07, 6.45) is 2.77. The molecule has 3 aromatic rings. The van der Waals surface area contributed by atoms with E-state index in [1.807, 2.05) is 66.7 Å². The number of hydrogen-bond acceptors (Lipinski definition) is 5. The molecule has 0 bridgehead atoms. The fourth-order valence-corrected chi connectivity index (χ4v) is 5.21. The molecular formula is C28H28ClN3O3. The number of halogens is 1. The van der Waals surface area contributed by atoms with Crippen molar-refractivity contribution in [3.8, 4) is 11.1 Å². The van der Waals surface area contributed by atoms with E-state index in [0.717, 1.165) is 59.2 Å². The molecule has 1 amide bonds. The van der Waals surface area contributed by atoms with Crippen LogP contribution in [0.2, 0.25) is 5.02 Å². The highest BCUT2D eigenvalue weighted by atomic mass is 35.5. The highest BCUT2D eigenvalue weighted by molar-refractivity contribution is 6.30. The van der Waals surface area contributed by atoms with Crippen molar-refractivity contribution in [2.45, 2.75) is 37.5 Å². The molecule has 2 fully saturated rings. The minimum atomic E-state index is -0.771. The molecule has 0 saturated carbocycles. The van der Waals surface area contributed by atoms with Gasteiger partial charge in [-0.15, -0.1) is 0 Å². The molecule has 3 aliphatic rings. The molecule has 7 heteroatoms. The van der Waals surface area contributed by atoms with Crippen LogP contribution in [0.3, 0.4) is 0 Å². The zero-order valence-corrected chi connectivity index (χ0v) is 20.1. The van der Waals surface area contributed by atoms with Gasteiger partial charge in [-0.3, -0.25) is 4.79 Å². The first kappa shape index (κ1) is 23.5. The first-order valence-electron chi connectivity index (χ1n) is 12.0. The maximum Gasteiger partial charge on any atom is 0.362 e. The second-order valence-electron chi connectivity index (χ2n) is 8.98. The third-order valence-corrected chi connectivity index (χ3v) is 7.04. The normalized spacial score (nSPS) is 18.2. The van der Waals surface area contributed by atoms with Crippen LogP contribution in [0.1, 0.15) is 35.1 Å². The highest BCUT2D eigenvalue weighted by Crippen LogP contribution is 2.57. The molecule has 2 aliphatic heterocycles. The Morgan fingerprint density at radius 1 is 1.06 bits per heavy atom. The van der Waals surface area contributed by atoms with Crippen molar-refractivity contribution in [1.82, 2.24) is 10.6 Å². The molecule has 6 nitrogen and oxygen atoms in total. The second-order valence-corrected chi connectivity index (χ2v) is 9.42. The zero-order chi connectivity index (χ0) is 24.4. The van der Waals surface area contributed by atoms with Crippen LogP contribution in [0.15, 0.2) is 66.7 Å². The Kier molecular flexibility index (Phi) is 6.60. The number of epoxide rings is 1. The van der Waals surface area contributed by atoms with E-state index in [0.29, 0.717) is 18.1 Å². The van der Waals surface area contributed by atoms with E-state index in [1.54, 1.807) is 0 Å². The van der Waals surface area contributed by atoms with Crippen molar-refractivity contribution < 1.29 is 14.3 Å². The van der Waals surface area contributed by atoms with Gasteiger partial charge in [0.1, 0.15) is 0 Å². The number of rotatable bonds is 5. The number of nitrogens with two attached hydrogens (primary N) is 1. The predicted octanol–water partition coefficient (Wildman–Crippen LogP) is 3.68.